The molecular weight excluding hydrogens is 258 g/mol. The van der Waals surface area contributed by atoms with Crippen molar-refractivity contribution in [3.05, 3.63) is 0 Å². The lowest BCUT2D eigenvalue weighted by molar-refractivity contribution is -0.128. The van der Waals surface area contributed by atoms with Gasteiger partial charge in [-0.3, -0.25) is 19.9 Å². The van der Waals surface area contributed by atoms with Crippen molar-refractivity contribution >= 4 is 11.9 Å². The Balaban J connectivity index is 1.71. The van der Waals surface area contributed by atoms with E-state index in [1.54, 1.807) is 0 Å². The molecule has 1 unspecified atom stereocenters. The molecule has 0 aliphatic carbocycles. The van der Waals surface area contributed by atoms with Gasteiger partial charge in [-0.1, -0.05) is 0 Å². The maximum atomic E-state index is 11.9. The Morgan fingerprint density at radius 2 is 1.95 bits per heavy atom. The van der Waals surface area contributed by atoms with Gasteiger partial charge < -0.3 is 10.6 Å². The van der Waals surface area contributed by atoms with Crippen LogP contribution in [0.5, 0.6) is 0 Å². The van der Waals surface area contributed by atoms with Gasteiger partial charge in [-0.25, -0.2) is 4.79 Å². The van der Waals surface area contributed by atoms with E-state index in [1.165, 1.54) is 0 Å². The quantitative estimate of drug-likeness (QED) is 0.605. The molecule has 0 saturated carbocycles. The predicted octanol–water partition coefficient (Wildman–Crippen LogP) is -1.19. The molecule has 20 heavy (non-hydrogen) atoms. The fourth-order valence-electron chi connectivity index (χ4n) is 2.67. The third kappa shape index (κ3) is 3.68. The Hall–Kier alpha value is -1.18. The van der Waals surface area contributed by atoms with E-state index in [-0.39, 0.29) is 11.9 Å². The van der Waals surface area contributed by atoms with Crippen molar-refractivity contribution in [1.29, 1.82) is 0 Å². The fourth-order valence-corrected chi connectivity index (χ4v) is 2.67. The van der Waals surface area contributed by atoms with Crippen molar-refractivity contribution in [2.75, 3.05) is 45.8 Å². The summed E-state index contributed by atoms with van der Waals surface area (Å²) in [6.45, 7) is 10.3. The van der Waals surface area contributed by atoms with Gasteiger partial charge in [-0.2, -0.15) is 0 Å². The number of nitrogens with zero attached hydrogens (tertiary/aromatic N) is 2. The number of piperazine rings is 1. The van der Waals surface area contributed by atoms with E-state index in [0.29, 0.717) is 12.6 Å². The number of urea groups is 1. The van der Waals surface area contributed by atoms with Crippen molar-refractivity contribution in [2.24, 2.45) is 0 Å². The van der Waals surface area contributed by atoms with E-state index < -0.39 is 6.03 Å². The molecule has 7 nitrogen and oxygen atoms in total. The highest BCUT2D eigenvalue weighted by molar-refractivity contribution is 5.96. The lowest BCUT2D eigenvalue weighted by Gasteiger charge is -2.48. The molecule has 2 aliphatic rings. The van der Waals surface area contributed by atoms with E-state index >= 15 is 0 Å². The minimum atomic E-state index is -0.413. The number of hydrogen-bond donors (Lipinski definition) is 3. The van der Waals surface area contributed by atoms with Gasteiger partial charge in [-0.05, 0) is 13.8 Å². The predicted molar refractivity (Wildman–Crippen MR) is 76.5 cm³/mol. The maximum absolute atomic E-state index is 11.9. The molecule has 2 aliphatic heterocycles. The van der Waals surface area contributed by atoms with Crippen LogP contribution in [-0.4, -0.2) is 79.6 Å². The molecule has 2 rings (SSSR count). The van der Waals surface area contributed by atoms with Crippen LogP contribution < -0.4 is 16.0 Å². The van der Waals surface area contributed by atoms with Gasteiger partial charge in [-0.15, -0.1) is 0 Å². The zero-order valence-corrected chi connectivity index (χ0v) is 12.3. The van der Waals surface area contributed by atoms with Gasteiger partial charge in [0.15, 0.2) is 0 Å². The molecule has 0 radical (unpaired) electrons. The number of rotatable bonds is 4. The Morgan fingerprint density at radius 3 is 2.55 bits per heavy atom. The Morgan fingerprint density at radius 1 is 1.30 bits per heavy atom. The van der Waals surface area contributed by atoms with Gasteiger partial charge in [0.05, 0.1) is 6.04 Å². The number of imide groups is 1. The minimum Gasteiger partial charge on any atom is -0.338 e. The van der Waals surface area contributed by atoms with E-state index in [4.69, 9.17) is 0 Å². The van der Waals surface area contributed by atoms with Gasteiger partial charge in [0.1, 0.15) is 0 Å². The molecule has 7 heteroatoms. The minimum absolute atomic E-state index is 0.227. The molecule has 3 N–H and O–H groups in total. The second kappa shape index (κ2) is 7.01. The Labute approximate surface area is 120 Å². The van der Waals surface area contributed by atoms with Crippen molar-refractivity contribution in [3.8, 4) is 0 Å². The monoisotopic (exact) mass is 283 g/mol. The molecule has 0 aromatic heterocycles. The summed E-state index contributed by atoms with van der Waals surface area (Å²) >= 11 is 0. The highest BCUT2D eigenvalue weighted by atomic mass is 16.2. The molecule has 0 aromatic rings. The van der Waals surface area contributed by atoms with E-state index in [9.17, 15) is 9.59 Å². The first kappa shape index (κ1) is 15.2. The molecule has 2 saturated heterocycles. The first-order valence-electron chi connectivity index (χ1n) is 7.39. The average molecular weight is 283 g/mol. The van der Waals surface area contributed by atoms with Crippen LogP contribution in [0.25, 0.3) is 0 Å². The molecule has 0 bridgehead atoms. The lowest BCUT2D eigenvalue weighted by atomic mass is 10.0. The number of hydrogen-bond acceptors (Lipinski definition) is 5. The molecule has 2 fully saturated rings. The van der Waals surface area contributed by atoms with Crippen LogP contribution >= 0.6 is 0 Å². The van der Waals surface area contributed by atoms with Crippen molar-refractivity contribution in [1.82, 2.24) is 25.8 Å². The second-order valence-corrected chi connectivity index (χ2v) is 5.42. The van der Waals surface area contributed by atoms with Crippen LogP contribution in [-0.2, 0) is 4.79 Å². The van der Waals surface area contributed by atoms with Gasteiger partial charge >= 0.3 is 6.03 Å². The molecule has 0 aromatic carbocycles. The van der Waals surface area contributed by atoms with Gasteiger partial charge in [0, 0.05) is 51.9 Å². The molecule has 2 heterocycles. The fraction of sp³-hybridized carbons (Fsp3) is 0.846. The van der Waals surface area contributed by atoms with E-state index in [2.05, 4.69) is 25.8 Å². The number of carbonyl (C=O) groups is 2. The maximum Gasteiger partial charge on any atom is 0.321 e. The Kier molecular flexibility index (Phi) is 5.33. The van der Waals surface area contributed by atoms with Crippen molar-refractivity contribution in [3.63, 3.8) is 0 Å². The Bertz CT molecular complexity index is 351. The molecular formula is C13H25N5O2. The number of likely N-dealkylation sites (tertiary alicyclic amines) is 1. The zero-order valence-electron chi connectivity index (χ0n) is 12.3. The third-order valence-electron chi connectivity index (χ3n) is 4.06. The highest BCUT2D eigenvalue weighted by Gasteiger charge is 2.37. The topological polar surface area (TPSA) is 76.7 Å². The van der Waals surface area contributed by atoms with Crippen LogP contribution in [0.15, 0.2) is 0 Å². The van der Waals surface area contributed by atoms with Crippen LogP contribution in [0.4, 0.5) is 4.79 Å². The van der Waals surface area contributed by atoms with E-state index in [1.807, 2.05) is 13.8 Å². The van der Waals surface area contributed by atoms with E-state index in [0.717, 1.165) is 39.3 Å². The number of amides is 3. The first-order chi connectivity index (χ1) is 9.61. The van der Waals surface area contributed by atoms with Crippen molar-refractivity contribution in [2.45, 2.75) is 25.9 Å². The number of carbonyl (C=O) groups excluding carboxylic acids is 2. The summed E-state index contributed by atoms with van der Waals surface area (Å²) in [6.07, 6.45) is 0. The summed E-state index contributed by atoms with van der Waals surface area (Å²) in [5.74, 6) is -0.227. The third-order valence-corrected chi connectivity index (χ3v) is 4.06. The standard InChI is InChI=1S/C13H25N5O2/c1-3-15-13(20)16-12(19)10(2)18-8-11(9-18)17-6-4-14-5-7-17/h10-11,14H,3-9H2,1-2H3,(H2,15,16,19,20). The van der Waals surface area contributed by atoms with Gasteiger partial charge in [0.25, 0.3) is 0 Å². The molecule has 3 amide bonds. The van der Waals surface area contributed by atoms with Crippen LogP contribution in [0.3, 0.4) is 0 Å². The normalized spacial score (nSPS) is 22.9. The van der Waals surface area contributed by atoms with Crippen LogP contribution in [0.2, 0.25) is 0 Å². The van der Waals surface area contributed by atoms with Crippen LogP contribution in [0, 0.1) is 0 Å². The molecule has 114 valence electrons. The summed E-state index contributed by atoms with van der Waals surface area (Å²) in [7, 11) is 0. The van der Waals surface area contributed by atoms with Gasteiger partial charge in [0.2, 0.25) is 5.91 Å². The van der Waals surface area contributed by atoms with Crippen LogP contribution in [0.1, 0.15) is 13.8 Å². The summed E-state index contributed by atoms with van der Waals surface area (Å²) in [4.78, 5) is 27.8. The molecule has 0 spiro atoms. The highest BCUT2D eigenvalue weighted by Crippen LogP contribution is 2.18. The average Bonchev–Trinajstić information content (AvgIpc) is 2.38. The smallest absolute Gasteiger partial charge is 0.321 e. The zero-order chi connectivity index (χ0) is 14.5. The first-order valence-corrected chi connectivity index (χ1v) is 7.39. The summed E-state index contributed by atoms with van der Waals surface area (Å²) in [5.41, 5.74) is 0. The summed E-state index contributed by atoms with van der Waals surface area (Å²) < 4.78 is 0. The summed E-state index contributed by atoms with van der Waals surface area (Å²) in [6, 6.07) is -0.114. The molecule has 1 atom stereocenters. The summed E-state index contributed by atoms with van der Waals surface area (Å²) in [5, 5.41) is 8.27. The second-order valence-electron chi connectivity index (χ2n) is 5.42. The largest absolute Gasteiger partial charge is 0.338 e. The van der Waals surface area contributed by atoms with Crippen molar-refractivity contribution < 1.29 is 9.59 Å². The SMILES string of the molecule is CCNC(=O)NC(=O)C(C)N1CC(N2CCNCC2)C1. The lowest BCUT2D eigenvalue weighted by Crippen LogP contribution is -2.66. The number of nitrogens with one attached hydrogen (secondary N) is 3.